The quantitative estimate of drug-likeness (QED) is 0.752. The zero-order valence-corrected chi connectivity index (χ0v) is 15.1. The summed E-state index contributed by atoms with van der Waals surface area (Å²) in [6.45, 7) is 13.2. The molecule has 0 heterocycles. The Morgan fingerprint density at radius 2 is 1.09 bits per heavy atom. The molecule has 0 unspecified atom stereocenters. The molecule has 0 amide bonds. The van der Waals surface area contributed by atoms with Crippen molar-refractivity contribution in [2.45, 2.75) is 67.2 Å². The lowest BCUT2D eigenvalue weighted by Gasteiger charge is -2.14. The molecule has 0 aromatic heterocycles. The molecule has 0 N–H and O–H groups in total. The van der Waals surface area contributed by atoms with Gasteiger partial charge < -0.3 is 0 Å². The van der Waals surface area contributed by atoms with Gasteiger partial charge in [-0.1, -0.05) is 41.5 Å². The van der Waals surface area contributed by atoms with E-state index in [2.05, 4.69) is 41.5 Å². The third-order valence-electron chi connectivity index (χ3n) is 7.89. The molecule has 2 nitrogen and oxygen atoms in total. The number of hydrogen-bond acceptors (Lipinski definition) is 2. The van der Waals surface area contributed by atoms with Gasteiger partial charge >= 0.3 is 0 Å². The second kappa shape index (κ2) is 4.92. The van der Waals surface area contributed by atoms with Gasteiger partial charge in [-0.15, -0.1) is 0 Å². The van der Waals surface area contributed by atoms with Crippen molar-refractivity contribution in [3.63, 3.8) is 0 Å². The van der Waals surface area contributed by atoms with Crippen LogP contribution in [0.2, 0.25) is 0 Å². The van der Waals surface area contributed by atoms with Crippen LogP contribution < -0.4 is 0 Å². The lowest BCUT2D eigenvalue weighted by molar-refractivity contribution is -0.122. The molecule has 22 heavy (non-hydrogen) atoms. The van der Waals surface area contributed by atoms with Gasteiger partial charge in [-0.3, -0.25) is 9.59 Å². The Kier molecular flexibility index (Phi) is 3.62. The molecule has 0 aliphatic heterocycles. The van der Waals surface area contributed by atoms with Gasteiger partial charge in [-0.05, 0) is 47.3 Å². The van der Waals surface area contributed by atoms with E-state index < -0.39 is 0 Å². The van der Waals surface area contributed by atoms with E-state index >= 15 is 0 Å². The highest BCUT2D eigenvalue weighted by atomic mass is 16.1. The highest BCUT2D eigenvalue weighted by Crippen LogP contribution is 2.69. The van der Waals surface area contributed by atoms with Gasteiger partial charge in [0.25, 0.3) is 0 Å². The number of ketones is 2. The average molecular weight is 304 g/mol. The Balaban J connectivity index is 0.000000131. The van der Waals surface area contributed by atoms with Gasteiger partial charge in [0.2, 0.25) is 0 Å². The van der Waals surface area contributed by atoms with Gasteiger partial charge in [0, 0.05) is 24.7 Å². The van der Waals surface area contributed by atoms with Crippen molar-refractivity contribution < 1.29 is 9.59 Å². The minimum atomic E-state index is 0.373. The molecule has 4 rings (SSSR count). The van der Waals surface area contributed by atoms with E-state index in [9.17, 15) is 9.59 Å². The largest absolute Gasteiger partial charge is 0.299 e. The molecule has 0 bridgehead atoms. The summed E-state index contributed by atoms with van der Waals surface area (Å²) in [6, 6.07) is 0. The summed E-state index contributed by atoms with van der Waals surface area (Å²) in [4.78, 5) is 22.6. The maximum absolute atomic E-state index is 11.3. The predicted molar refractivity (Wildman–Crippen MR) is 88.3 cm³/mol. The maximum atomic E-state index is 11.3. The Labute approximate surface area is 135 Å². The molecular formula is C20H32O2. The molecule has 0 saturated heterocycles. The summed E-state index contributed by atoms with van der Waals surface area (Å²) >= 11 is 0. The van der Waals surface area contributed by atoms with E-state index in [4.69, 9.17) is 0 Å². The van der Waals surface area contributed by atoms with Crippen molar-refractivity contribution in [1.82, 2.24) is 0 Å². The molecular weight excluding hydrogens is 272 g/mol. The fourth-order valence-corrected chi connectivity index (χ4v) is 5.61. The van der Waals surface area contributed by atoms with Gasteiger partial charge in [0.15, 0.2) is 0 Å². The highest BCUT2D eigenvalue weighted by molar-refractivity contribution is 5.86. The fourth-order valence-electron chi connectivity index (χ4n) is 5.61. The number of carbonyl (C=O) groups is 2. The Bertz CT molecular complexity index is 460. The monoisotopic (exact) mass is 304 g/mol. The van der Waals surface area contributed by atoms with Crippen LogP contribution in [0.3, 0.4) is 0 Å². The van der Waals surface area contributed by atoms with Crippen molar-refractivity contribution in [1.29, 1.82) is 0 Å². The van der Waals surface area contributed by atoms with Crippen LogP contribution in [-0.4, -0.2) is 11.6 Å². The third kappa shape index (κ3) is 2.12. The molecule has 0 radical (unpaired) electrons. The topological polar surface area (TPSA) is 34.1 Å². The van der Waals surface area contributed by atoms with E-state index in [0.717, 1.165) is 24.7 Å². The molecule has 0 aromatic carbocycles. The summed E-state index contributed by atoms with van der Waals surface area (Å²) < 4.78 is 0. The summed E-state index contributed by atoms with van der Waals surface area (Å²) in [5.74, 6) is 4.67. The lowest BCUT2D eigenvalue weighted by Crippen LogP contribution is -2.10. The normalized spacial score (nSPS) is 48.2. The second-order valence-electron chi connectivity index (χ2n) is 9.26. The Morgan fingerprint density at radius 1 is 0.773 bits per heavy atom. The molecule has 4 fully saturated rings. The Hall–Kier alpha value is -0.660. The fraction of sp³-hybridized carbons (Fsp3) is 0.900. The van der Waals surface area contributed by atoms with Gasteiger partial charge in [-0.25, -0.2) is 0 Å². The molecule has 124 valence electrons. The van der Waals surface area contributed by atoms with Crippen LogP contribution in [-0.2, 0) is 9.59 Å². The SMILES string of the molecule is CC(C)[C@@]12CC(=O)[C@H](C)[C@@H]1C2.CC(C)[C@@]12CC(=O)[C@H](C)[C@H]1C2. The van der Waals surface area contributed by atoms with Crippen LogP contribution in [0.5, 0.6) is 0 Å². The molecule has 4 saturated carbocycles. The zero-order valence-electron chi connectivity index (χ0n) is 15.1. The first-order chi connectivity index (χ1) is 10.2. The van der Waals surface area contributed by atoms with Gasteiger partial charge in [-0.2, -0.15) is 0 Å². The van der Waals surface area contributed by atoms with Crippen LogP contribution >= 0.6 is 0 Å². The second-order valence-corrected chi connectivity index (χ2v) is 9.26. The van der Waals surface area contributed by atoms with E-state index in [-0.39, 0.29) is 0 Å². The minimum Gasteiger partial charge on any atom is -0.299 e. The lowest BCUT2D eigenvalue weighted by atomic mass is 9.90. The molecule has 0 spiro atoms. The first-order valence-corrected chi connectivity index (χ1v) is 9.21. The van der Waals surface area contributed by atoms with Gasteiger partial charge in [0.1, 0.15) is 11.6 Å². The van der Waals surface area contributed by atoms with Crippen LogP contribution in [0, 0.1) is 46.3 Å². The molecule has 0 aromatic rings. The average Bonchev–Trinajstić information content (AvgIpc) is 3.29. The van der Waals surface area contributed by atoms with E-state index in [1.807, 2.05) is 0 Å². The van der Waals surface area contributed by atoms with Crippen LogP contribution in [0.1, 0.15) is 67.2 Å². The van der Waals surface area contributed by atoms with Crippen LogP contribution in [0.15, 0.2) is 0 Å². The zero-order chi connectivity index (χ0) is 16.4. The van der Waals surface area contributed by atoms with E-state index in [1.165, 1.54) is 12.8 Å². The van der Waals surface area contributed by atoms with E-state index in [0.29, 0.717) is 46.1 Å². The summed E-state index contributed by atoms with van der Waals surface area (Å²) in [5, 5.41) is 0. The number of hydrogen-bond donors (Lipinski definition) is 0. The van der Waals surface area contributed by atoms with Crippen molar-refractivity contribution in [2.75, 3.05) is 0 Å². The maximum Gasteiger partial charge on any atom is 0.136 e. The minimum absolute atomic E-state index is 0.373. The van der Waals surface area contributed by atoms with Crippen molar-refractivity contribution in [2.24, 2.45) is 46.3 Å². The number of rotatable bonds is 2. The standard InChI is InChI=1S/2C10H16O/c2*1-6(2)10-4-8(10)7(3)9(11)5-10/h2*6-8H,4-5H2,1-3H3/t7-,8+,10-;7-,8-,10-/m11/s1. The van der Waals surface area contributed by atoms with Crippen LogP contribution in [0.4, 0.5) is 0 Å². The van der Waals surface area contributed by atoms with E-state index in [1.54, 1.807) is 0 Å². The van der Waals surface area contributed by atoms with Crippen LogP contribution in [0.25, 0.3) is 0 Å². The van der Waals surface area contributed by atoms with Crippen molar-refractivity contribution in [3.05, 3.63) is 0 Å². The smallest absolute Gasteiger partial charge is 0.136 e. The van der Waals surface area contributed by atoms with Gasteiger partial charge in [0.05, 0.1) is 0 Å². The number of Topliss-reactive ketones (excluding diaryl/α,β-unsaturated/α-hetero) is 2. The third-order valence-corrected chi connectivity index (χ3v) is 7.89. The summed E-state index contributed by atoms with van der Waals surface area (Å²) in [6.07, 6.45) is 4.38. The van der Waals surface area contributed by atoms with Crippen molar-refractivity contribution >= 4 is 11.6 Å². The molecule has 6 atom stereocenters. The first-order valence-electron chi connectivity index (χ1n) is 9.21. The first kappa shape index (κ1) is 16.2. The van der Waals surface area contributed by atoms with Crippen molar-refractivity contribution in [3.8, 4) is 0 Å². The summed E-state index contributed by atoms with van der Waals surface area (Å²) in [7, 11) is 0. The molecule has 4 aliphatic carbocycles. The molecule has 2 heteroatoms. The molecule has 4 aliphatic rings. The predicted octanol–water partition coefficient (Wildman–Crippen LogP) is 4.52. The number of carbonyl (C=O) groups excluding carboxylic acids is 2. The number of fused-ring (bicyclic) bond motifs is 2. The summed E-state index contributed by atoms with van der Waals surface area (Å²) in [5.41, 5.74) is 0.910. The highest BCUT2D eigenvalue weighted by Gasteiger charge is 2.65. The Morgan fingerprint density at radius 3 is 1.23 bits per heavy atom.